The van der Waals surface area contributed by atoms with Crippen molar-refractivity contribution in [2.24, 2.45) is 0 Å². The average molecular weight is 283 g/mol. The Morgan fingerprint density at radius 2 is 2.16 bits per heavy atom. The maximum Gasteiger partial charge on any atom is 0.216 e. The van der Waals surface area contributed by atoms with Crippen molar-refractivity contribution in [3.63, 3.8) is 0 Å². The highest BCUT2D eigenvalue weighted by atomic mass is 32.2. The van der Waals surface area contributed by atoms with Gasteiger partial charge in [0.2, 0.25) is 10.0 Å². The summed E-state index contributed by atoms with van der Waals surface area (Å²) in [7, 11) is -1.33. The molecule has 1 saturated heterocycles. The number of hydrogen-bond donors (Lipinski definition) is 2. The van der Waals surface area contributed by atoms with Gasteiger partial charge in [0.1, 0.15) is 0 Å². The van der Waals surface area contributed by atoms with Gasteiger partial charge < -0.3 is 10.6 Å². The Bertz CT molecular complexity index is 530. The Morgan fingerprint density at radius 3 is 2.84 bits per heavy atom. The minimum Gasteiger partial charge on any atom is -0.398 e. The average Bonchev–Trinajstić information content (AvgIpc) is 2.31. The smallest absolute Gasteiger partial charge is 0.216 e. The third-order valence-corrected chi connectivity index (χ3v) is 4.75. The summed E-state index contributed by atoms with van der Waals surface area (Å²) >= 11 is 0. The number of rotatable bonds is 4. The van der Waals surface area contributed by atoms with Gasteiger partial charge in [0, 0.05) is 18.3 Å². The van der Waals surface area contributed by atoms with Crippen molar-refractivity contribution in [2.45, 2.75) is 24.6 Å². The Balaban J connectivity index is 2.01. The van der Waals surface area contributed by atoms with Gasteiger partial charge in [0.15, 0.2) is 0 Å². The monoisotopic (exact) mass is 283 g/mol. The minimum absolute atomic E-state index is 0.00804. The molecule has 0 aliphatic carbocycles. The minimum atomic E-state index is -3.34. The van der Waals surface area contributed by atoms with Crippen LogP contribution in [0.25, 0.3) is 0 Å². The highest BCUT2D eigenvalue weighted by molar-refractivity contribution is 7.88. The largest absolute Gasteiger partial charge is 0.398 e. The zero-order chi connectivity index (χ0) is 13.9. The summed E-state index contributed by atoms with van der Waals surface area (Å²) in [4.78, 5) is 2.15. The molecule has 1 unspecified atom stereocenters. The first-order valence-corrected chi connectivity index (χ1v) is 8.13. The number of sulfonamides is 1. The Hall–Kier alpha value is -1.11. The van der Waals surface area contributed by atoms with E-state index in [0.29, 0.717) is 11.3 Å². The fourth-order valence-electron chi connectivity index (χ4n) is 2.43. The first-order chi connectivity index (χ1) is 8.96. The van der Waals surface area contributed by atoms with Gasteiger partial charge in [-0.15, -0.1) is 0 Å². The first kappa shape index (κ1) is 14.3. The summed E-state index contributed by atoms with van der Waals surface area (Å²) in [6, 6.07) is 7.08. The number of nitrogens with zero attached hydrogens (tertiary/aromatic N) is 1. The predicted octanol–water partition coefficient (Wildman–Crippen LogP) is 0.782. The summed E-state index contributed by atoms with van der Waals surface area (Å²) in [6.07, 6.45) is 1.92. The highest BCUT2D eigenvalue weighted by Crippen LogP contribution is 2.15. The van der Waals surface area contributed by atoms with Crippen LogP contribution in [0.1, 0.15) is 18.4 Å². The molecule has 1 aromatic carbocycles. The lowest BCUT2D eigenvalue weighted by Crippen LogP contribution is -2.46. The van der Waals surface area contributed by atoms with E-state index in [1.807, 2.05) is 7.05 Å². The van der Waals surface area contributed by atoms with E-state index < -0.39 is 10.0 Å². The molecule has 6 heteroatoms. The summed E-state index contributed by atoms with van der Waals surface area (Å²) in [5, 5.41) is 0. The van der Waals surface area contributed by atoms with E-state index in [0.717, 1.165) is 25.9 Å². The zero-order valence-electron chi connectivity index (χ0n) is 11.2. The van der Waals surface area contributed by atoms with Crippen LogP contribution in [0.4, 0.5) is 5.69 Å². The maximum absolute atomic E-state index is 12.1. The van der Waals surface area contributed by atoms with Gasteiger partial charge in [0.25, 0.3) is 0 Å². The molecule has 5 nitrogen and oxygen atoms in total. The molecule has 1 aliphatic heterocycles. The zero-order valence-corrected chi connectivity index (χ0v) is 12.0. The standard InChI is InChI=1S/C13H21N3O2S/c1-16-8-4-6-12(9-16)15-19(17,18)10-11-5-2-3-7-13(11)14/h2-3,5,7,12,15H,4,6,8-10,14H2,1H3. The lowest BCUT2D eigenvalue weighted by Gasteiger charge is -2.30. The maximum atomic E-state index is 12.1. The molecule has 1 fully saturated rings. The van der Waals surface area contributed by atoms with Gasteiger partial charge in [-0.1, -0.05) is 18.2 Å². The number of piperidine rings is 1. The Labute approximate surface area is 114 Å². The summed E-state index contributed by atoms with van der Waals surface area (Å²) in [6.45, 7) is 1.80. The van der Waals surface area contributed by atoms with Crippen molar-refractivity contribution >= 4 is 15.7 Å². The molecule has 1 heterocycles. The van der Waals surface area contributed by atoms with Gasteiger partial charge in [0.05, 0.1) is 5.75 Å². The normalized spacial score (nSPS) is 21.4. The SMILES string of the molecule is CN1CCCC(NS(=O)(=O)Cc2ccccc2N)C1. The van der Waals surface area contributed by atoms with Crippen molar-refractivity contribution in [3.8, 4) is 0 Å². The van der Waals surface area contributed by atoms with Gasteiger partial charge in [-0.25, -0.2) is 13.1 Å². The van der Waals surface area contributed by atoms with Crippen LogP contribution in [-0.4, -0.2) is 39.5 Å². The van der Waals surface area contributed by atoms with E-state index in [1.165, 1.54) is 0 Å². The molecule has 19 heavy (non-hydrogen) atoms. The second kappa shape index (κ2) is 5.90. The molecule has 1 aliphatic rings. The molecule has 2 rings (SSSR count). The van der Waals surface area contributed by atoms with Gasteiger partial charge >= 0.3 is 0 Å². The second-order valence-electron chi connectivity index (χ2n) is 5.18. The number of likely N-dealkylation sites (tertiary alicyclic amines) is 1. The number of anilines is 1. The molecule has 0 bridgehead atoms. The number of benzene rings is 1. The van der Waals surface area contributed by atoms with E-state index in [2.05, 4.69) is 9.62 Å². The van der Waals surface area contributed by atoms with Crippen LogP contribution in [0, 0.1) is 0 Å². The van der Waals surface area contributed by atoms with Crippen molar-refractivity contribution in [1.29, 1.82) is 0 Å². The topological polar surface area (TPSA) is 75.4 Å². The number of para-hydroxylation sites is 1. The van der Waals surface area contributed by atoms with Crippen LogP contribution in [0.15, 0.2) is 24.3 Å². The van der Waals surface area contributed by atoms with Gasteiger partial charge in [-0.2, -0.15) is 0 Å². The molecule has 0 amide bonds. The molecule has 106 valence electrons. The van der Waals surface area contributed by atoms with Crippen molar-refractivity contribution < 1.29 is 8.42 Å². The lowest BCUT2D eigenvalue weighted by atomic mass is 10.1. The predicted molar refractivity (Wildman–Crippen MR) is 77.1 cm³/mol. The summed E-state index contributed by atoms with van der Waals surface area (Å²) in [5.74, 6) is -0.0557. The Morgan fingerprint density at radius 1 is 1.42 bits per heavy atom. The molecule has 3 N–H and O–H groups in total. The van der Waals surface area contributed by atoms with Crippen LogP contribution in [0.2, 0.25) is 0 Å². The van der Waals surface area contributed by atoms with Crippen molar-refractivity contribution in [3.05, 3.63) is 29.8 Å². The second-order valence-corrected chi connectivity index (χ2v) is 6.93. The quantitative estimate of drug-likeness (QED) is 0.801. The van der Waals surface area contributed by atoms with Crippen LogP contribution >= 0.6 is 0 Å². The highest BCUT2D eigenvalue weighted by Gasteiger charge is 2.23. The number of nitrogen functional groups attached to an aromatic ring is 1. The number of nitrogens with two attached hydrogens (primary N) is 1. The first-order valence-electron chi connectivity index (χ1n) is 6.48. The Kier molecular flexibility index (Phi) is 4.44. The summed E-state index contributed by atoms with van der Waals surface area (Å²) < 4.78 is 27.1. The molecular formula is C13H21N3O2S. The number of likely N-dealkylation sites (N-methyl/N-ethyl adjacent to an activating group) is 1. The molecule has 0 aromatic heterocycles. The van der Waals surface area contributed by atoms with Crippen LogP contribution in [-0.2, 0) is 15.8 Å². The van der Waals surface area contributed by atoms with Crippen LogP contribution in [0.5, 0.6) is 0 Å². The van der Waals surface area contributed by atoms with E-state index in [9.17, 15) is 8.42 Å². The molecule has 0 saturated carbocycles. The fourth-order valence-corrected chi connectivity index (χ4v) is 3.88. The third-order valence-electron chi connectivity index (χ3n) is 3.37. The van der Waals surface area contributed by atoms with E-state index in [4.69, 9.17) is 5.73 Å². The van der Waals surface area contributed by atoms with Crippen LogP contribution < -0.4 is 10.5 Å². The van der Waals surface area contributed by atoms with E-state index in [1.54, 1.807) is 24.3 Å². The molecule has 1 aromatic rings. The fraction of sp³-hybridized carbons (Fsp3) is 0.538. The summed E-state index contributed by atoms with van der Waals surface area (Å²) in [5.41, 5.74) is 6.96. The molecule has 0 spiro atoms. The lowest BCUT2D eigenvalue weighted by molar-refractivity contribution is 0.242. The van der Waals surface area contributed by atoms with E-state index >= 15 is 0 Å². The molecule has 0 radical (unpaired) electrons. The third kappa shape index (κ3) is 4.19. The van der Waals surface area contributed by atoms with Gasteiger partial charge in [-0.3, -0.25) is 0 Å². The molecule has 1 atom stereocenters. The van der Waals surface area contributed by atoms with Gasteiger partial charge in [-0.05, 0) is 38.1 Å². The van der Waals surface area contributed by atoms with Crippen molar-refractivity contribution in [2.75, 3.05) is 25.9 Å². The number of nitrogens with one attached hydrogen (secondary N) is 1. The molecular weight excluding hydrogens is 262 g/mol. The van der Waals surface area contributed by atoms with Crippen LogP contribution in [0.3, 0.4) is 0 Å². The van der Waals surface area contributed by atoms with E-state index in [-0.39, 0.29) is 11.8 Å². The van der Waals surface area contributed by atoms with Crippen molar-refractivity contribution in [1.82, 2.24) is 9.62 Å². The number of hydrogen-bond acceptors (Lipinski definition) is 4.